The molecule has 1 aliphatic heterocycles. The highest BCUT2D eigenvalue weighted by atomic mass is 79.9. The summed E-state index contributed by atoms with van der Waals surface area (Å²) < 4.78 is 0.913. The normalized spacial score (nSPS) is 21.2. The molecular formula is C7H5BBrNO2. The Bertz CT molecular complexity index is 320. The van der Waals surface area contributed by atoms with Crippen LogP contribution in [0.2, 0.25) is 0 Å². The van der Waals surface area contributed by atoms with E-state index in [0.717, 1.165) is 10.0 Å². The predicted molar refractivity (Wildman–Crippen MR) is 48.0 cm³/mol. The molecule has 60 valence electrons. The fourth-order valence-electron chi connectivity index (χ4n) is 1.15. The molecule has 1 aliphatic rings. The molecule has 0 bridgehead atoms. The average Bonchev–Trinajstić information content (AvgIpc) is 2.28. The second kappa shape index (κ2) is 2.76. The Morgan fingerprint density at radius 3 is 3.08 bits per heavy atom. The van der Waals surface area contributed by atoms with Crippen molar-refractivity contribution in [2.24, 2.45) is 0 Å². The Labute approximate surface area is 79.4 Å². The number of hydrogen-bond donors (Lipinski definition) is 1. The molecule has 12 heavy (non-hydrogen) atoms. The van der Waals surface area contributed by atoms with Gasteiger partial charge in [0.05, 0.1) is 11.7 Å². The van der Waals surface area contributed by atoms with E-state index >= 15 is 0 Å². The summed E-state index contributed by atoms with van der Waals surface area (Å²) >= 11 is 3.30. The van der Waals surface area contributed by atoms with Crippen LogP contribution in [0.4, 0.5) is 5.69 Å². The van der Waals surface area contributed by atoms with Gasteiger partial charge in [-0.25, -0.2) is 0 Å². The molecule has 0 spiro atoms. The maximum atomic E-state index is 9.16. The molecule has 2 rings (SSSR count). The van der Waals surface area contributed by atoms with E-state index < -0.39 is 6.00 Å². The molecule has 1 N–H and O–H groups in total. The van der Waals surface area contributed by atoms with Crippen LogP contribution in [0, 0.1) is 0 Å². The molecule has 0 aliphatic carbocycles. The monoisotopic (exact) mass is 225 g/mol. The summed E-state index contributed by atoms with van der Waals surface area (Å²) in [5.41, 5.74) is 1.36. The smallest absolute Gasteiger partial charge is 0.119 e. The van der Waals surface area contributed by atoms with Gasteiger partial charge in [-0.15, -0.1) is 5.23 Å². The minimum atomic E-state index is -0.581. The van der Waals surface area contributed by atoms with Gasteiger partial charge in [0.2, 0.25) is 0 Å². The lowest BCUT2D eigenvalue weighted by molar-refractivity contribution is -0.0394. The average molecular weight is 226 g/mol. The summed E-state index contributed by atoms with van der Waals surface area (Å²) in [5.74, 6) is 0. The van der Waals surface area contributed by atoms with Gasteiger partial charge in [-0.05, 0) is 18.2 Å². The summed E-state index contributed by atoms with van der Waals surface area (Å²) in [6, 6.07) is 4.77. The van der Waals surface area contributed by atoms with E-state index in [4.69, 9.17) is 17.9 Å². The SMILES string of the molecule is [B]C1ON(O)c2ccc(Br)cc21. The first-order valence-electron chi connectivity index (χ1n) is 3.39. The van der Waals surface area contributed by atoms with Crippen LogP contribution in [-0.4, -0.2) is 13.1 Å². The van der Waals surface area contributed by atoms with Crippen molar-refractivity contribution in [2.75, 3.05) is 5.23 Å². The van der Waals surface area contributed by atoms with Crippen molar-refractivity contribution in [3.63, 3.8) is 0 Å². The molecule has 1 aromatic rings. The van der Waals surface area contributed by atoms with Gasteiger partial charge in [0.1, 0.15) is 7.85 Å². The summed E-state index contributed by atoms with van der Waals surface area (Å²) in [5, 5.41) is 9.85. The second-order valence-electron chi connectivity index (χ2n) is 2.50. The van der Waals surface area contributed by atoms with Gasteiger partial charge in [-0.1, -0.05) is 15.9 Å². The number of fused-ring (bicyclic) bond motifs is 1. The maximum absolute atomic E-state index is 9.16. The maximum Gasteiger partial charge on any atom is 0.119 e. The van der Waals surface area contributed by atoms with E-state index in [-0.39, 0.29) is 0 Å². The number of nitrogens with zero attached hydrogens (tertiary/aromatic N) is 1. The molecular weight excluding hydrogens is 221 g/mol. The molecule has 5 heteroatoms. The standard InChI is InChI=1S/C7H5BBrNO2/c8-7-5-3-4(9)1-2-6(5)10(11)12-7/h1-3,7,11H. The molecule has 2 radical (unpaired) electrons. The fraction of sp³-hybridized carbons (Fsp3) is 0.143. The molecule has 1 aromatic carbocycles. The lowest BCUT2D eigenvalue weighted by atomic mass is 9.92. The summed E-state index contributed by atoms with van der Waals surface area (Å²) in [7, 11) is 5.56. The zero-order valence-corrected chi connectivity index (χ0v) is 7.65. The van der Waals surface area contributed by atoms with Crippen LogP contribution in [0.5, 0.6) is 0 Å². The van der Waals surface area contributed by atoms with E-state index in [1.165, 1.54) is 0 Å². The summed E-state index contributed by atoms with van der Waals surface area (Å²) in [6.45, 7) is 0. The number of benzene rings is 1. The molecule has 0 saturated heterocycles. The van der Waals surface area contributed by atoms with Crippen molar-refractivity contribution in [3.8, 4) is 0 Å². The Hall–Kier alpha value is -0.515. The lowest BCUT2D eigenvalue weighted by Gasteiger charge is -2.07. The Kier molecular flexibility index (Phi) is 1.86. The highest BCUT2D eigenvalue weighted by Crippen LogP contribution is 2.35. The first kappa shape index (κ1) is 8.10. The van der Waals surface area contributed by atoms with Crippen molar-refractivity contribution in [1.82, 2.24) is 0 Å². The van der Waals surface area contributed by atoms with Gasteiger partial charge < -0.3 is 0 Å². The van der Waals surface area contributed by atoms with Crippen molar-refractivity contribution >= 4 is 29.5 Å². The second-order valence-corrected chi connectivity index (χ2v) is 3.42. The van der Waals surface area contributed by atoms with Gasteiger partial charge in [-0.2, -0.15) is 0 Å². The van der Waals surface area contributed by atoms with Crippen molar-refractivity contribution < 1.29 is 10.0 Å². The van der Waals surface area contributed by atoms with Gasteiger partial charge in [0.25, 0.3) is 0 Å². The van der Waals surface area contributed by atoms with Crippen LogP contribution in [-0.2, 0) is 4.84 Å². The third kappa shape index (κ3) is 1.14. The Morgan fingerprint density at radius 2 is 2.33 bits per heavy atom. The summed E-state index contributed by atoms with van der Waals surface area (Å²) in [6.07, 6.45) is 0. The van der Waals surface area contributed by atoms with Crippen molar-refractivity contribution in [3.05, 3.63) is 28.2 Å². The Morgan fingerprint density at radius 1 is 1.58 bits per heavy atom. The van der Waals surface area contributed by atoms with Crippen molar-refractivity contribution in [2.45, 2.75) is 6.00 Å². The van der Waals surface area contributed by atoms with Crippen LogP contribution in [0.1, 0.15) is 11.6 Å². The third-order valence-corrected chi connectivity index (χ3v) is 2.21. The van der Waals surface area contributed by atoms with E-state index in [2.05, 4.69) is 15.9 Å². The molecule has 0 saturated carbocycles. The van der Waals surface area contributed by atoms with E-state index in [9.17, 15) is 0 Å². The molecule has 1 heterocycles. The lowest BCUT2D eigenvalue weighted by Crippen LogP contribution is -2.12. The summed E-state index contributed by atoms with van der Waals surface area (Å²) in [4.78, 5) is 4.83. The first-order valence-corrected chi connectivity index (χ1v) is 4.18. The predicted octanol–water partition coefficient (Wildman–Crippen LogP) is 1.76. The minimum Gasteiger partial charge on any atom is -0.264 e. The third-order valence-electron chi connectivity index (χ3n) is 1.72. The zero-order valence-electron chi connectivity index (χ0n) is 6.07. The number of hydrogen-bond acceptors (Lipinski definition) is 3. The molecule has 0 aromatic heterocycles. The largest absolute Gasteiger partial charge is 0.264 e. The van der Waals surface area contributed by atoms with E-state index in [1.807, 2.05) is 12.1 Å². The van der Waals surface area contributed by atoms with Gasteiger partial charge >= 0.3 is 0 Å². The molecule has 1 unspecified atom stereocenters. The van der Waals surface area contributed by atoms with Gasteiger partial charge in [0, 0.05) is 10.0 Å². The van der Waals surface area contributed by atoms with Crippen LogP contribution in [0.3, 0.4) is 0 Å². The molecule has 1 atom stereocenters. The number of anilines is 1. The fourth-order valence-corrected chi connectivity index (χ4v) is 1.53. The number of halogens is 1. The molecule has 0 fully saturated rings. The van der Waals surface area contributed by atoms with Gasteiger partial charge in [0.15, 0.2) is 0 Å². The van der Waals surface area contributed by atoms with Crippen LogP contribution in [0.15, 0.2) is 22.7 Å². The molecule has 0 amide bonds. The first-order chi connectivity index (χ1) is 5.68. The van der Waals surface area contributed by atoms with Crippen molar-refractivity contribution in [1.29, 1.82) is 0 Å². The zero-order chi connectivity index (χ0) is 8.72. The van der Waals surface area contributed by atoms with Crippen LogP contribution in [0.25, 0.3) is 0 Å². The topological polar surface area (TPSA) is 32.7 Å². The quantitative estimate of drug-likeness (QED) is 0.684. The van der Waals surface area contributed by atoms with Crippen LogP contribution >= 0.6 is 15.9 Å². The Balaban J connectivity index is 2.53. The number of rotatable bonds is 0. The van der Waals surface area contributed by atoms with E-state index in [0.29, 0.717) is 10.9 Å². The highest BCUT2D eigenvalue weighted by Gasteiger charge is 2.25. The molecule has 3 nitrogen and oxygen atoms in total. The minimum absolute atomic E-state index is 0.581. The van der Waals surface area contributed by atoms with E-state index in [1.54, 1.807) is 6.07 Å². The van der Waals surface area contributed by atoms with Crippen LogP contribution < -0.4 is 5.23 Å². The van der Waals surface area contributed by atoms with Gasteiger partial charge in [-0.3, -0.25) is 10.0 Å². The highest BCUT2D eigenvalue weighted by molar-refractivity contribution is 9.10.